The number of aliphatic hydroxyl groups is 4. The number of aliphatic hydroxyl groups excluding tert-OH is 4. The molecule has 0 saturated carbocycles. The van der Waals surface area contributed by atoms with E-state index >= 15 is 0 Å². The fraction of sp³-hybridized carbons (Fsp3) is 0.267. The standard InChI is InChI=1S/C45H42ClFN4O12S2/c1-65(57,58)16-14-51(45(56)60-23-27-6-10-36(31-13-15-64-42(27)31)62-44-41(55)40(54)39(53)38(21-52)63-44)20-30-8-12-35(61-30)26-5-9-34-32(18-26)43(49-24-48-34)50-29-7-11-37(33(46)19-29)59-22-25-3-2-4-28(47)17-25/h2-13,15,17-19,24,38-41,44,52-55H,14,16,20-23H2,1H3,(H,48,49,50)/t38-,39+,40+,41-,44-/m1/s1. The zero-order valence-corrected chi connectivity index (χ0v) is 36.8. The lowest BCUT2D eigenvalue weighted by molar-refractivity contribution is -0.277. The summed E-state index contributed by atoms with van der Waals surface area (Å²) in [4.78, 5) is 23.7. The first-order chi connectivity index (χ1) is 31.2. The minimum atomic E-state index is -3.48. The van der Waals surface area contributed by atoms with Crippen LogP contribution in [0.25, 0.3) is 32.3 Å². The van der Waals surface area contributed by atoms with Gasteiger partial charge in [-0.05, 0) is 83.7 Å². The van der Waals surface area contributed by atoms with Crippen molar-refractivity contribution in [3.05, 3.63) is 130 Å². The number of carbonyl (C=O) groups is 1. The molecule has 1 amide bonds. The fourth-order valence-electron chi connectivity index (χ4n) is 7.08. The van der Waals surface area contributed by atoms with Crippen LogP contribution >= 0.6 is 22.9 Å². The number of ether oxygens (including phenoxy) is 4. The molecule has 8 rings (SSSR count). The Morgan fingerprint density at radius 2 is 1.77 bits per heavy atom. The number of sulfone groups is 1. The number of benzene rings is 4. The monoisotopic (exact) mass is 948 g/mol. The van der Waals surface area contributed by atoms with Crippen molar-refractivity contribution in [1.82, 2.24) is 14.9 Å². The number of hydrogen-bond acceptors (Lipinski definition) is 16. The van der Waals surface area contributed by atoms with E-state index in [1.165, 1.54) is 34.7 Å². The Hall–Kier alpha value is -5.90. The highest BCUT2D eigenvalue weighted by atomic mass is 35.5. The van der Waals surface area contributed by atoms with E-state index in [0.29, 0.717) is 71.5 Å². The lowest BCUT2D eigenvalue weighted by atomic mass is 9.99. The third-order valence-electron chi connectivity index (χ3n) is 10.5. The summed E-state index contributed by atoms with van der Waals surface area (Å²) in [5, 5.41) is 47.1. The van der Waals surface area contributed by atoms with Gasteiger partial charge in [-0.1, -0.05) is 29.8 Å². The maximum Gasteiger partial charge on any atom is 0.410 e. The molecule has 5 atom stereocenters. The Bertz CT molecular complexity index is 2930. The van der Waals surface area contributed by atoms with Gasteiger partial charge in [0.05, 0.1) is 29.4 Å². The summed E-state index contributed by atoms with van der Waals surface area (Å²) in [6.07, 6.45) is -5.61. The molecule has 4 aromatic carbocycles. The summed E-state index contributed by atoms with van der Waals surface area (Å²) in [6.45, 7) is -0.958. The molecule has 0 bridgehead atoms. The number of thiophene rings is 1. The number of rotatable bonds is 16. The Morgan fingerprint density at radius 3 is 2.55 bits per heavy atom. The predicted octanol–water partition coefficient (Wildman–Crippen LogP) is 6.58. The van der Waals surface area contributed by atoms with Gasteiger partial charge in [0.1, 0.15) is 88.4 Å². The van der Waals surface area contributed by atoms with Crippen molar-refractivity contribution >= 4 is 71.4 Å². The van der Waals surface area contributed by atoms with Crippen molar-refractivity contribution in [2.75, 3.05) is 30.5 Å². The molecular formula is C45H42ClFN4O12S2. The van der Waals surface area contributed by atoms with E-state index in [1.54, 1.807) is 66.0 Å². The molecule has 1 aliphatic rings. The minimum absolute atomic E-state index is 0.110. The molecule has 1 fully saturated rings. The summed E-state index contributed by atoms with van der Waals surface area (Å²) in [6, 6.07) is 25.1. The summed E-state index contributed by atoms with van der Waals surface area (Å²) in [5.41, 5.74) is 3.20. The Balaban J connectivity index is 0.945. The summed E-state index contributed by atoms with van der Waals surface area (Å²) >= 11 is 7.89. The minimum Gasteiger partial charge on any atom is -0.487 e. The molecular weight excluding hydrogens is 907 g/mol. The van der Waals surface area contributed by atoms with Crippen molar-refractivity contribution in [2.45, 2.75) is 50.5 Å². The molecule has 16 nitrogen and oxygen atoms in total. The first-order valence-corrected chi connectivity index (χ1v) is 23.4. The average molecular weight is 949 g/mol. The normalized spacial score (nSPS) is 18.7. The van der Waals surface area contributed by atoms with Gasteiger partial charge in [0, 0.05) is 45.1 Å². The number of nitrogens with zero attached hydrogens (tertiary/aromatic N) is 3. The number of amides is 1. The molecule has 1 saturated heterocycles. The van der Waals surface area contributed by atoms with Crippen LogP contribution in [0.5, 0.6) is 11.5 Å². The van der Waals surface area contributed by atoms with Gasteiger partial charge < -0.3 is 49.1 Å². The fourth-order valence-corrected chi connectivity index (χ4v) is 8.78. The quantitative estimate of drug-likeness (QED) is 0.0690. The zero-order chi connectivity index (χ0) is 45.8. The van der Waals surface area contributed by atoms with Crippen LogP contribution in [-0.4, -0.2) is 106 Å². The van der Waals surface area contributed by atoms with E-state index in [0.717, 1.165) is 6.26 Å². The highest BCUT2D eigenvalue weighted by Crippen LogP contribution is 2.36. The Morgan fingerprint density at radius 1 is 0.938 bits per heavy atom. The Kier molecular flexibility index (Phi) is 13.8. The van der Waals surface area contributed by atoms with Gasteiger partial charge in [-0.15, -0.1) is 11.3 Å². The highest BCUT2D eigenvalue weighted by Gasteiger charge is 2.45. The third-order valence-corrected chi connectivity index (χ3v) is 12.7. The number of aromatic nitrogens is 2. The van der Waals surface area contributed by atoms with Crippen LogP contribution in [0.4, 0.5) is 20.7 Å². The lowest BCUT2D eigenvalue weighted by Crippen LogP contribution is -2.60. The molecule has 3 aromatic heterocycles. The SMILES string of the molecule is CS(=O)(=O)CCN(Cc1ccc(-c2ccc3ncnc(Nc4ccc(OCc5cccc(F)c5)c(Cl)c4)c3c2)o1)C(=O)OCc1ccc(O[C@@H]2O[C@H](CO)[C@H](O)[C@H](O)[C@H]2O)c2ccsc12. The molecule has 4 heterocycles. The molecule has 0 unspecified atom stereocenters. The number of furan rings is 1. The number of hydrogen-bond donors (Lipinski definition) is 5. The highest BCUT2D eigenvalue weighted by molar-refractivity contribution is 7.90. The second-order valence-corrected chi connectivity index (χ2v) is 18.8. The van der Waals surface area contributed by atoms with E-state index in [-0.39, 0.29) is 43.6 Å². The average Bonchev–Trinajstić information content (AvgIpc) is 3.98. The van der Waals surface area contributed by atoms with Gasteiger partial charge in [0.25, 0.3) is 0 Å². The van der Waals surface area contributed by atoms with Crippen molar-refractivity contribution in [3.63, 3.8) is 0 Å². The van der Waals surface area contributed by atoms with Crippen LogP contribution in [0.15, 0.2) is 107 Å². The van der Waals surface area contributed by atoms with Gasteiger partial charge in [0.2, 0.25) is 6.29 Å². The van der Waals surface area contributed by atoms with Gasteiger partial charge in [-0.25, -0.2) is 27.6 Å². The topological polar surface area (TPSA) is 223 Å². The third kappa shape index (κ3) is 10.8. The van der Waals surface area contributed by atoms with Crippen LogP contribution in [0.1, 0.15) is 16.9 Å². The van der Waals surface area contributed by atoms with Crippen LogP contribution < -0.4 is 14.8 Å². The smallest absolute Gasteiger partial charge is 0.410 e. The van der Waals surface area contributed by atoms with Crippen molar-refractivity contribution < 1.29 is 61.4 Å². The number of halogens is 2. The van der Waals surface area contributed by atoms with Crippen LogP contribution in [-0.2, 0) is 39.1 Å². The molecule has 0 spiro atoms. The lowest BCUT2D eigenvalue weighted by Gasteiger charge is -2.39. The predicted molar refractivity (Wildman–Crippen MR) is 239 cm³/mol. The molecule has 65 heavy (non-hydrogen) atoms. The van der Waals surface area contributed by atoms with Crippen molar-refractivity contribution in [2.24, 2.45) is 0 Å². The molecule has 7 aromatic rings. The molecule has 0 radical (unpaired) electrons. The zero-order valence-electron chi connectivity index (χ0n) is 34.4. The molecule has 0 aliphatic carbocycles. The Labute approximate surface area is 380 Å². The van der Waals surface area contributed by atoms with Gasteiger partial charge in [-0.3, -0.25) is 4.90 Å². The van der Waals surface area contributed by atoms with Gasteiger partial charge >= 0.3 is 6.09 Å². The van der Waals surface area contributed by atoms with Crippen molar-refractivity contribution in [1.29, 1.82) is 0 Å². The molecule has 1 aliphatic heterocycles. The first kappa shape index (κ1) is 45.7. The second kappa shape index (κ2) is 19.7. The maximum absolute atomic E-state index is 13.6. The number of nitrogens with one attached hydrogen (secondary N) is 1. The number of carbonyl (C=O) groups excluding carboxylic acids is 1. The number of anilines is 2. The molecule has 5 N–H and O–H groups in total. The largest absolute Gasteiger partial charge is 0.487 e. The van der Waals surface area contributed by atoms with Gasteiger partial charge in [-0.2, -0.15) is 0 Å². The number of fused-ring (bicyclic) bond motifs is 2. The van der Waals surface area contributed by atoms with E-state index in [9.17, 15) is 38.0 Å². The van der Waals surface area contributed by atoms with Crippen LogP contribution in [0.3, 0.4) is 0 Å². The van der Waals surface area contributed by atoms with E-state index in [1.807, 2.05) is 18.2 Å². The van der Waals surface area contributed by atoms with Crippen molar-refractivity contribution in [3.8, 4) is 22.8 Å². The maximum atomic E-state index is 13.6. The summed E-state index contributed by atoms with van der Waals surface area (Å²) < 4.78 is 67.9. The van der Waals surface area contributed by atoms with Crippen LogP contribution in [0.2, 0.25) is 5.02 Å². The van der Waals surface area contributed by atoms with E-state index < -0.39 is 53.2 Å². The first-order valence-electron chi connectivity index (χ1n) is 20.1. The molecule has 340 valence electrons. The summed E-state index contributed by atoms with van der Waals surface area (Å²) in [5.74, 6) is 1.31. The van der Waals surface area contributed by atoms with E-state index in [4.69, 9.17) is 35.0 Å². The van der Waals surface area contributed by atoms with Gasteiger partial charge in [0.15, 0.2) is 0 Å². The van der Waals surface area contributed by atoms with Crippen LogP contribution in [0, 0.1) is 5.82 Å². The second-order valence-electron chi connectivity index (χ2n) is 15.2. The summed E-state index contributed by atoms with van der Waals surface area (Å²) in [7, 11) is -3.48. The molecule has 20 heteroatoms. The van der Waals surface area contributed by atoms with E-state index in [2.05, 4.69) is 15.3 Å².